The zero-order valence-corrected chi connectivity index (χ0v) is 12.1. The predicted octanol–water partition coefficient (Wildman–Crippen LogP) is 1.29. The van der Waals surface area contributed by atoms with E-state index < -0.39 is 5.97 Å². The van der Waals surface area contributed by atoms with E-state index in [2.05, 4.69) is 0 Å². The van der Waals surface area contributed by atoms with E-state index in [1.54, 1.807) is 18.7 Å². The van der Waals surface area contributed by atoms with E-state index in [4.69, 9.17) is 9.84 Å². The maximum Gasteiger partial charge on any atom is 0.310 e. The number of aliphatic carboxylic acids is 1. The van der Waals surface area contributed by atoms with Crippen molar-refractivity contribution in [1.29, 1.82) is 0 Å². The summed E-state index contributed by atoms with van der Waals surface area (Å²) in [5.74, 6) is -1.66. The van der Waals surface area contributed by atoms with Crippen LogP contribution in [0.15, 0.2) is 0 Å². The highest BCUT2D eigenvalue weighted by Crippen LogP contribution is 2.20. The molecule has 6 heteroatoms. The van der Waals surface area contributed by atoms with Gasteiger partial charge in [0.05, 0.1) is 12.5 Å². The van der Waals surface area contributed by atoms with Gasteiger partial charge < -0.3 is 14.7 Å². The number of carbonyl (C=O) groups excluding carboxylic acids is 2. The van der Waals surface area contributed by atoms with Crippen molar-refractivity contribution in [3.05, 3.63) is 0 Å². The molecule has 2 atom stereocenters. The molecule has 0 aromatic carbocycles. The number of esters is 1. The van der Waals surface area contributed by atoms with Crippen molar-refractivity contribution in [2.75, 3.05) is 19.7 Å². The molecule has 0 aromatic heterocycles. The van der Waals surface area contributed by atoms with Gasteiger partial charge in [0.1, 0.15) is 0 Å². The molecule has 1 rings (SSSR count). The van der Waals surface area contributed by atoms with Crippen LogP contribution in [0.4, 0.5) is 0 Å². The maximum absolute atomic E-state index is 12.1. The number of piperidine rings is 1. The third-order valence-corrected chi connectivity index (χ3v) is 3.44. The smallest absolute Gasteiger partial charge is 0.310 e. The maximum atomic E-state index is 12.1. The van der Waals surface area contributed by atoms with Crippen LogP contribution in [0.3, 0.4) is 0 Å². The van der Waals surface area contributed by atoms with Crippen LogP contribution in [0.5, 0.6) is 0 Å². The molecule has 1 aliphatic rings. The Bertz CT molecular complexity index is 369. The fourth-order valence-corrected chi connectivity index (χ4v) is 2.45. The molecule has 0 aliphatic carbocycles. The fraction of sp³-hybridized carbons (Fsp3) is 0.786. The highest BCUT2D eigenvalue weighted by Gasteiger charge is 2.29. The zero-order chi connectivity index (χ0) is 15.1. The van der Waals surface area contributed by atoms with Crippen molar-refractivity contribution < 1.29 is 24.2 Å². The summed E-state index contributed by atoms with van der Waals surface area (Å²) in [6.45, 7) is 4.88. The average molecular weight is 285 g/mol. The molecule has 1 heterocycles. The molecule has 0 spiro atoms. The Morgan fingerprint density at radius 3 is 2.65 bits per heavy atom. The Morgan fingerprint density at radius 1 is 1.35 bits per heavy atom. The molecule has 114 valence electrons. The van der Waals surface area contributed by atoms with Crippen molar-refractivity contribution in [2.24, 2.45) is 11.8 Å². The van der Waals surface area contributed by atoms with E-state index >= 15 is 0 Å². The van der Waals surface area contributed by atoms with Gasteiger partial charge in [-0.15, -0.1) is 0 Å². The molecular formula is C14H23NO5. The first-order chi connectivity index (χ1) is 9.43. The van der Waals surface area contributed by atoms with E-state index in [0.717, 1.165) is 12.8 Å². The zero-order valence-electron chi connectivity index (χ0n) is 12.1. The summed E-state index contributed by atoms with van der Waals surface area (Å²) in [6, 6.07) is 0. The van der Waals surface area contributed by atoms with Crippen LogP contribution in [0, 0.1) is 11.8 Å². The molecule has 0 aromatic rings. The van der Waals surface area contributed by atoms with Crippen LogP contribution in [-0.2, 0) is 19.1 Å². The second kappa shape index (κ2) is 7.87. The summed E-state index contributed by atoms with van der Waals surface area (Å²) in [5.41, 5.74) is 0. The molecular weight excluding hydrogens is 262 g/mol. The lowest BCUT2D eigenvalue weighted by molar-refractivity contribution is -0.151. The summed E-state index contributed by atoms with van der Waals surface area (Å²) in [4.78, 5) is 36.0. The second-order valence-corrected chi connectivity index (χ2v) is 5.34. The Balaban J connectivity index is 2.47. The number of rotatable bonds is 6. The quantitative estimate of drug-likeness (QED) is 0.743. The first-order valence-electron chi connectivity index (χ1n) is 7.10. The monoisotopic (exact) mass is 285 g/mol. The Kier molecular flexibility index (Phi) is 6.48. The van der Waals surface area contributed by atoms with Gasteiger partial charge in [-0.2, -0.15) is 0 Å². The van der Waals surface area contributed by atoms with Crippen molar-refractivity contribution in [2.45, 2.75) is 39.5 Å². The predicted molar refractivity (Wildman–Crippen MR) is 72.0 cm³/mol. The Labute approximate surface area is 119 Å². The molecule has 20 heavy (non-hydrogen) atoms. The summed E-state index contributed by atoms with van der Waals surface area (Å²) in [7, 11) is 0. The van der Waals surface area contributed by atoms with Gasteiger partial charge in [-0.3, -0.25) is 14.4 Å². The SMILES string of the molecule is CCOC(=O)C1CCCN(C(=O)CC(C)CC(=O)O)C1. The normalized spacial score (nSPS) is 20.3. The molecule has 1 N–H and O–H groups in total. The van der Waals surface area contributed by atoms with Crippen molar-refractivity contribution in [1.82, 2.24) is 4.90 Å². The first kappa shape index (κ1) is 16.5. The van der Waals surface area contributed by atoms with Crippen LogP contribution in [0.2, 0.25) is 0 Å². The number of carboxylic acid groups (broad SMARTS) is 1. The highest BCUT2D eigenvalue weighted by atomic mass is 16.5. The van der Waals surface area contributed by atoms with E-state index in [1.807, 2.05) is 0 Å². The molecule has 0 radical (unpaired) electrons. The fourth-order valence-electron chi connectivity index (χ4n) is 2.45. The van der Waals surface area contributed by atoms with Crippen LogP contribution >= 0.6 is 0 Å². The van der Waals surface area contributed by atoms with E-state index in [0.29, 0.717) is 19.7 Å². The van der Waals surface area contributed by atoms with Crippen LogP contribution in [-0.4, -0.2) is 47.5 Å². The molecule has 0 saturated carbocycles. The number of hydrogen-bond acceptors (Lipinski definition) is 4. The molecule has 0 bridgehead atoms. The summed E-state index contributed by atoms with van der Waals surface area (Å²) in [5, 5.41) is 8.69. The number of amides is 1. The highest BCUT2D eigenvalue weighted by molar-refractivity contribution is 5.79. The van der Waals surface area contributed by atoms with E-state index in [9.17, 15) is 14.4 Å². The average Bonchev–Trinajstić information content (AvgIpc) is 2.38. The van der Waals surface area contributed by atoms with Crippen LogP contribution in [0.25, 0.3) is 0 Å². The van der Waals surface area contributed by atoms with E-state index in [-0.39, 0.29) is 36.6 Å². The summed E-state index contributed by atoms with van der Waals surface area (Å²) < 4.78 is 4.99. The molecule has 2 unspecified atom stereocenters. The topological polar surface area (TPSA) is 83.9 Å². The minimum atomic E-state index is -0.895. The number of carboxylic acids is 1. The standard InChI is InChI=1S/C14H23NO5/c1-3-20-14(19)11-5-4-6-15(9-11)12(16)7-10(2)8-13(17)18/h10-11H,3-9H2,1-2H3,(H,17,18). The van der Waals surface area contributed by atoms with Crippen molar-refractivity contribution >= 4 is 17.8 Å². The van der Waals surface area contributed by atoms with Crippen LogP contribution < -0.4 is 0 Å². The van der Waals surface area contributed by atoms with Gasteiger partial charge in [-0.25, -0.2) is 0 Å². The Hall–Kier alpha value is -1.59. The van der Waals surface area contributed by atoms with E-state index in [1.165, 1.54) is 0 Å². The van der Waals surface area contributed by atoms with Gasteiger partial charge in [0.15, 0.2) is 0 Å². The lowest BCUT2D eigenvalue weighted by atomic mass is 9.96. The van der Waals surface area contributed by atoms with Crippen molar-refractivity contribution in [3.8, 4) is 0 Å². The lowest BCUT2D eigenvalue weighted by Gasteiger charge is -2.32. The second-order valence-electron chi connectivity index (χ2n) is 5.34. The largest absolute Gasteiger partial charge is 0.481 e. The summed E-state index contributed by atoms with van der Waals surface area (Å²) >= 11 is 0. The first-order valence-corrected chi connectivity index (χ1v) is 7.10. The number of likely N-dealkylation sites (tertiary alicyclic amines) is 1. The van der Waals surface area contributed by atoms with Gasteiger partial charge >= 0.3 is 11.9 Å². The molecule has 1 amide bonds. The van der Waals surface area contributed by atoms with Crippen molar-refractivity contribution in [3.63, 3.8) is 0 Å². The lowest BCUT2D eigenvalue weighted by Crippen LogP contribution is -2.43. The van der Waals surface area contributed by atoms with Gasteiger partial charge in [0.2, 0.25) is 5.91 Å². The molecule has 1 fully saturated rings. The van der Waals surface area contributed by atoms with Gasteiger partial charge in [-0.1, -0.05) is 6.92 Å². The molecule has 1 aliphatic heterocycles. The van der Waals surface area contributed by atoms with Crippen LogP contribution in [0.1, 0.15) is 39.5 Å². The minimum absolute atomic E-state index is 0.0130. The third-order valence-electron chi connectivity index (χ3n) is 3.44. The number of nitrogens with zero attached hydrogens (tertiary/aromatic N) is 1. The number of carbonyl (C=O) groups is 3. The molecule has 6 nitrogen and oxygen atoms in total. The molecule has 1 saturated heterocycles. The number of ether oxygens (including phenoxy) is 1. The summed E-state index contributed by atoms with van der Waals surface area (Å²) in [6.07, 6.45) is 1.72. The third kappa shape index (κ3) is 5.19. The minimum Gasteiger partial charge on any atom is -0.481 e. The van der Waals surface area contributed by atoms with Gasteiger partial charge in [0.25, 0.3) is 0 Å². The Morgan fingerprint density at radius 2 is 2.05 bits per heavy atom. The number of hydrogen-bond donors (Lipinski definition) is 1. The van der Waals surface area contributed by atoms with Gasteiger partial charge in [-0.05, 0) is 25.7 Å². The van der Waals surface area contributed by atoms with Gasteiger partial charge in [0, 0.05) is 25.9 Å².